The Bertz CT molecular complexity index is 616. The van der Waals surface area contributed by atoms with Gasteiger partial charge in [0.25, 0.3) is 0 Å². The van der Waals surface area contributed by atoms with Crippen molar-refractivity contribution < 1.29 is 8.78 Å². The molecule has 0 spiro atoms. The van der Waals surface area contributed by atoms with Gasteiger partial charge in [0.15, 0.2) is 0 Å². The molecule has 1 aliphatic rings. The Morgan fingerprint density at radius 2 is 1.82 bits per heavy atom. The predicted molar refractivity (Wildman–Crippen MR) is 81.9 cm³/mol. The van der Waals surface area contributed by atoms with Crippen LogP contribution in [0.1, 0.15) is 17.2 Å². The van der Waals surface area contributed by atoms with E-state index in [0.29, 0.717) is 18.0 Å². The zero-order valence-corrected chi connectivity index (χ0v) is 12.2. The summed E-state index contributed by atoms with van der Waals surface area (Å²) in [6.45, 7) is 2.06. The average Bonchev–Trinajstić information content (AvgIpc) is 2.98. The van der Waals surface area contributed by atoms with Crippen molar-refractivity contribution in [3.63, 3.8) is 0 Å². The van der Waals surface area contributed by atoms with Crippen LogP contribution in [0, 0.1) is 17.6 Å². The highest BCUT2D eigenvalue weighted by molar-refractivity contribution is 5.22. The molecule has 3 rings (SSSR count). The maximum Gasteiger partial charge on any atom is 0.127 e. The van der Waals surface area contributed by atoms with Crippen LogP contribution in [0.15, 0.2) is 48.5 Å². The lowest BCUT2D eigenvalue weighted by Gasteiger charge is -2.19. The van der Waals surface area contributed by atoms with Gasteiger partial charge in [-0.2, -0.15) is 0 Å². The van der Waals surface area contributed by atoms with E-state index in [1.807, 2.05) is 6.07 Å². The average molecular weight is 303 g/mol. The minimum absolute atomic E-state index is 0.119. The standard InChI is InChI=1S/C17H19F2N3/c18-15-7-5-12(6-8-15)17-14(11-21-22-17)10-20-9-13-3-1-2-4-16(13)19/h1-8,14,17,20-22H,9-11H2. The summed E-state index contributed by atoms with van der Waals surface area (Å²) in [5.41, 5.74) is 8.07. The zero-order chi connectivity index (χ0) is 15.4. The van der Waals surface area contributed by atoms with Gasteiger partial charge in [-0.15, -0.1) is 0 Å². The van der Waals surface area contributed by atoms with Crippen LogP contribution in [0.2, 0.25) is 0 Å². The van der Waals surface area contributed by atoms with Crippen molar-refractivity contribution in [3.8, 4) is 0 Å². The fourth-order valence-corrected chi connectivity index (χ4v) is 2.79. The van der Waals surface area contributed by atoms with Crippen LogP contribution in [0.25, 0.3) is 0 Å². The van der Waals surface area contributed by atoms with Gasteiger partial charge >= 0.3 is 0 Å². The molecule has 22 heavy (non-hydrogen) atoms. The summed E-state index contributed by atoms with van der Waals surface area (Å²) in [5, 5.41) is 3.30. The van der Waals surface area contributed by atoms with Gasteiger partial charge in [0.2, 0.25) is 0 Å². The first-order valence-electron chi connectivity index (χ1n) is 7.42. The largest absolute Gasteiger partial charge is 0.312 e. The molecule has 3 nitrogen and oxygen atoms in total. The summed E-state index contributed by atoms with van der Waals surface area (Å²) < 4.78 is 26.6. The lowest BCUT2D eigenvalue weighted by molar-refractivity contribution is 0.438. The highest BCUT2D eigenvalue weighted by Gasteiger charge is 2.27. The highest BCUT2D eigenvalue weighted by atomic mass is 19.1. The van der Waals surface area contributed by atoms with Crippen molar-refractivity contribution >= 4 is 0 Å². The van der Waals surface area contributed by atoms with Crippen LogP contribution in [0.3, 0.4) is 0 Å². The summed E-state index contributed by atoms with van der Waals surface area (Å²) in [6.07, 6.45) is 0. The SMILES string of the molecule is Fc1ccc(C2NNCC2CNCc2ccccc2F)cc1. The Morgan fingerprint density at radius 3 is 2.59 bits per heavy atom. The Balaban J connectivity index is 1.57. The first-order valence-corrected chi connectivity index (χ1v) is 7.42. The fourth-order valence-electron chi connectivity index (χ4n) is 2.79. The maximum atomic E-state index is 13.6. The van der Waals surface area contributed by atoms with E-state index in [9.17, 15) is 8.78 Å². The molecule has 5 heteroatoms. The van der Waals surface area contributed by atoms with Gasteiger partial charge in [-0.05, 0) is 23.8 Å². The Labute approximate surface area is 128 Å². The van der Waals surface area contributed by atoms with Gasteiger partial charge in [0.1, 0.15) is 11.6 Å². The summed E-state index contributed by atoms with van der Waals surface area (Å²) >= 11 is 0. The first-order chi connectivity index (χ1) is 10.7. The molecule has 0 saturated carbocycles. The van der Waals surface area contributed by atoms with E-state index < -0.39 is 0 Å². The number of hydrogen-bond acceptors (Lipinski definition) is 3. The molecule has 0 amide bonds. The third kappa shape index (κ3) is 3.50. The summed E-state index contributed by atoms with van der Waals surface area (Å²) in [4.78, 5) is 0. The van der Waals surface area contributed by atoms with Gasteiger partial charge < -0.3 is 5.32 Å². The zero-order valence-electron chi connectivity index (χ0n) is 12.2. The Kier molecular flexibility index (Phi) is 4.77. The van der Waals surface area contributed by atoms with Gasteiger partial charge in [-0.3, -0.25) is 5.43 Å². The van der Waals surface area contributed by atoms with E-state index in [1.165, 1.54) is 18.2 Å². The van der Waals surface area contributed by atoms with Gasteiger partial charge in [-0.25, -0.2) is 14.2 Å². The van der Waals surface area contributed by atoms with Crippen molar-refractivity contribution in [2.24, 2.45) is 5.92 Å². The van der Waals surface area contributed by atoms with Crippen molar-refractivity contribution in [1.82, 2.24) is 16.2 Å². The van der Waals surface area contributed by atoms with Crippen LogP contribution in [0.5, 0.6) is 0 Å². The quantitative estimate of drug-likeness (QED) is 0.794. The second kappa shape index (κ2) is 6.96. The van der Waals surface area contributed by atoms with E-state index >= 15 is 0 Å². The van der Waals surface area contributed by atoms with Crippen LogP contribution in [0.4, 0.5) is 8.78 Å². The molecule has 1 fully saturated rings. The van der Waals surface area contributed by atoms with Crippen LogP contribution >= 0.6 is 0 Å². The van der Waals surface area contributed by atoms with Gasteiger partial charge in [0, 0.05) is 31.1 Å². The van der Waals surface area contributed by atoms with E-state index in [1.54, 1.807) is 24.3 Å². The molecule has 2 aromatic rings. The molecular formula is C17H19F2N3. The highest BCUT2D eigenvalue weighted by Crippen LogP contribution is 2.24. The molecule has 1 aliphatic heterocycles. The molecular weight excluding hydrogens is 284 g/mol. The fraction of sp³-hybridized carbons (Fsp3) is 0.294. The molecule has 1 heterocycles. The first kappa shape index (κ1) is 15.1. The molecule has 3 N–H and O–H groups in total. The van der Waals surface area contributed by atoms with Gasteiger partial charge in [-0.1, -0.05) is 30.3 Å². The summed E-state index contributed by atoms with van der Waals surface area (Å²) in [6, 6.07) is 13.4. The Hall–Kier alpha value is -1.82. The number of halogens is 2. The second-order valence-corrected chi connectivity index (χ2v) is 5.54. The number of hydrogen-bond donors (Lipinski definition) is 3. The number of rotatable bonds is 5. The smallest absolute Gasteiger partial charge is 0.127 e. The molecule has 2 atom stereocenters. The Morgan fingerprint density at radius 1 is 1.05 bits per heavy atom. The van der Waals surface area contributed by atoms with E-state index in [-0.39, 0.29) is 17.7 Å². The second-order valence-electron chi connectivity index (χ2n) is 5.54. The number of benzene rings is 2. The molecule has 2 unspecified atom stereocenters. The summed E-state index contributed by atoms with van der Waals surface area (Å²) in [5.74, 6) is -0.103. The normalized spacial score (nSPS) is 21.2. The van der Waals surface area contributed by atoms with E-state index in [0.717, 1.165) is 18.7 Å². The van der Waals surface area contributed by atoms with Gasteiger partial charge in [0.05, 0.1) is 6.04 Å². The third-order valence-corrected chi connectivity index (χ3v) is 4.00. The van der Waals surface area contributed by atoms with E-state index in [2.05, 4.69) is 16.2 Å². The van der Waals surface area contributed by atoms with Crippen LogP contribution < -0.4 is 16.2 Å². The molecule has 0 bridgehead atoms. The summed E-state index contributed by atoms with van der Waals surface area (Å²) in [7, 11) is 0. The van der Waals surface area contributed by atoms with Crippen LogP contribution in [-0.2, 0) is 6.54 Å². The minimum Gasteiger partial charge on any atom is -0.312 e. The van der Waals surface area contributed by atoms with Crippen molar-refractivity contribution in [2.45, 2.75) is 12.6 Å². The molecule has 1 saturated heterocycles. The van der Waals surface area contributed by atoms with Crippen molar-refractivity contribution in [2.75, 3.05) is 13.1 Å². The number of hydrazine groups is 1. The van der Waals surface area contributed by atoms with Crippen LogP contribution in [-0.4, -0.2) is 13.1 Å². The van der Waals surface area contributed by atoms with Crippen molar-refractivity contribution in [1.29, 1.82) is 0 Å². The third-order valence-electron chi connectivity index (χ3n) is 4.00. The lowest BCUT2D eigenvalue weighted by Crippen LogP contribution is -2.28. The van der Waals surface area contributed by atoms with Crippen molar-refractivity contribution in [3.05, 3.63) is 71.3 Å². The monoisotopic (exact) mass is 303 g/mol. The molecule has 0 aromatic heterocycles. The topological polar surface area (TPSA) is 36.1 Å². The molecule has 0 radical (unpaired) electrons. The van der Waals surface area contributed by atoms with E-state index in [4.69, 9.17) is 0 Å². The lowest BCUT2D eigenvalue weighted by atomic mass is 9.95. The molecule has 2 aromatic carbocycles. The predicted octanol–water partition coefficient (Wildman–Crippen LogP) is 2.52. The minimum atomic E-state index is -0.232. The molecule has 0 aliphatic carbocycles. The maximum absolute atomic E-state index is 13.6. The molecule has 116 valence electrons. The number of nitrogens with one attached hydrogen (secondary N) is 3.